The Balaban J connectivity index is 1.85. The van der Waals surface area contributed by atoms with Crippen molar-refractivity contribution in [2.24, 2.45) is 5.92 Å². The first-order valence-electron chi connectivity index (χ1n) is 9.72. The topological polar surface area (TPSA) is 113 Å². The number of carbonyl (C=O) groups excluding carboxylic acids is 2. The Kier molecular flexibility index (Phi) is 6.28. The first kappa shape index (κ1) is 22.0. The quantitative estimate of drug-likeness (QED) is 0.620. The van der Waals surface area contributed by atoms with E-state index in [2.05, 4.69) is 15.6 Å². The van der Waals surface area contributed by atoms with E-state index in [0.29, 0.717) is 27.8 Å². The van der Waals surface area contributed by atoms with Crippen molar-refractivity contribution in [2.45, 2.75) is 45.8 Å². The predicted octanol–water partition coefficient (Wildman–Crippen LogP) is 2.11. The van der Waals surface area contributed by atoms with Crippen LogP contribution in [-0.2, 0) is 16.1 Å². The first-order valence-corrected chi connectivity index (χ1v) is 10.1. The van der Waals surface area contributed by atoms with Crippen LogP contribution in [0.5, 0.6) is 0 Å². The number of aryl methyl sites for hydroxylation is 1. The summed E-state index contributed by atoms with van der Waals surface area (Å²) in [6.45, 7) is 4.64. The fourth-order valence-electron chi connectivity index (χ4n) is 2.89. The van der Waals surface area contributed by atoms with Gasteiger partial charge in [-0.3, -0.25) is 19.0 Å². The van der Waals surface area contributed by atoms with Crippen LogP contribution in [0, 0.1) is 12.8 Å². The average molecular weight is 433 g/mol. The third-order valence-corrected chi connectivity index (χ3v) is 4.92. The Morgan fingerprint density at radius 3 is 2.60 bits per heavy atom. The van der Waals surface area contributed by atoms with E-state index < -0.39 is 17.1 Å². The summed E-state index contributed by atoms with van der Waals surface area (Å²) in [6.07, 6.45) is 1.73. The molecule has 1 saturated carbocycles. The Morgan fingerprint density at radius 1 is 1.30 bits per heavy atom. The standard InChI is InChI=1S/C21H25ClN4O4/c1-12-24-17(9-19(28)26(12)10-18(27)23-11-21(2,3)30)15-7-6-14(22)8-16(15)25-20(29)13-4-5-13/h6-9,13,30H,4-5,10-11H2,1-3H3,(H,23,27)(H,25,29). The van der Waals surface area contributed by atoms with Gasteiger partial charge in [0.15, 0.2) is 0 Å². The largest absolute Gasteiger partial charge is 0.389 e. The van der Waals surface area contributed by atoms with Crippen molar-refractivity contribution in [1.82, 2.24) is 14.9 Å². The predicted molar refractivity (Wildman–Crippen MR) is 114 cm³/mol. The third-order valence-electron chi connectivity index (χ3n) is 4.68. The minimum atomic E-state index is -1.05. The molecule has 1 aromatic heterocycles. The number of carbonyl (C=O) groups is 2. The molecule has 2 amide bonds. The molecule has 160 valence electrons. The molecule has 0 aliphatic heterocycles. The Bertz CT molecular complexity index is 1040. The number of hydrogen-bond donors (Lipinski definition) is 3. The average Bonchev–Trinajstić information content (AvgIpc) is 3.47. The van der Waals surface area contributed by atoms with Crippen molar-refractivity contribution in [3.63, 3.8) is 0 Å². The monoisotopic (exact) mass is 432 g/mol. The second-order valence-corrected chi connectivity index (χ2v) is 8.59. The maximum atomic E-state index is 12.7. The lowest BCUT2D eigenvalue weighted by atomic mass is 10.1. The zero-order valence-corrected chi connectivity index (χ0v) is 17.9. The molecule has 0 saturated heterocycles. The van der Waals surface area contributed by atoms with E-state index in [9.17, 15) is 19.5 Å². The zero-order valence-electron chi connectivity index (χ0n) is 17.2. The molecule has 0 unspecified atom stereocenters. The van der Waals surface area contributed by atoms with Gasteiger partial charge in [-0.25, -0.2) is 4.98 Å². The molecule has 1 fully saturated rings. The van der Waals surface area contributed by atoms with E-state index in [1.807, 2.05) is 0 Å². The van der Waals surface area contributed by atoms with E-state index in [-0.39, 0.29) is 24.9 Å². The van der Waals surface area contributed by atoms with Crippen LogP contribution in [0.3, 0.4) is 0 Å². The summed E-state index contributed by atoms with van der Waals surface area (Å²) in [7, 11) is 0. The molecular formula is C21H25ClN4O4. The minimum absolute atomic E-state index is 0.0157. The fraction of sp³-hybridized carbons (Fsp3) is 0.429. The number of benzene rings is 1. The number of hydrogen-bond acceptors (Lipinski definition) is 5. The van der Waals surface area contributed by atoms with Gasteiger partial charge in [0.2, 0.25) is 11.8 Å². The maximum Gasteiger partial charge on any atom is 0.254 e. The summed E-state index contributed by atoms with van der Waals surface area (Å²) in [5.41, 5.74) is 0.00514. The van der Waals surface area contributed by atoms with Crippen molar-refractivity contribution < 1.29 is 14.7 Å². The molecule has 1 aliphatic rings. The van der Waals surface area contributed by atoms with Crippen LogP contribution >= 0.6 is 11.6 Å². The molecular weight excluding hydrogens is 408 g/mol. The maximum absolute atomic E-state index is 12.7. The van der Waals surface area contributed by atoms with E-state index in [1.165, 1.54) is 10.6 Å². The van der Waals surface area contributed by atoms with Crippen LogP contribution in [-0.4, -0.2) is 38.6 Å². The van der Waals surface area contributed by atoms with Gasteiger partial charge in [0.1, 0.15) is 12.4 Å². The van der Waals surface area contributed by atoms with Gasteiger partial charge < -0.3 is 15.7 Å². The summed E-state index contributed by atoms with van der Waals surface area (Å²) in [6, 6.07) is 6.32. The van der Waals surface area contributed by atoms with E-state index in [0.717, 1.165) is 12.8 Å². The molecule has 9 heteroatoms. The molecule has 3 N–H and O–H groups in total. The number of amides is 2. The lowest BCUT2D eigenvalue weighted by Crippen LogP contribution is -2.41. The smallest absolute Gasteiger partial charge is 0.254 e. The number of nitrogens with zero attached hydrogens (tertiary/aromatic N) is 2. The lowest BCUT2D eigenvalue weighted by molar-refractivity contribution is -0.122. The van der Waals surface area contributed by atoms with Gasteiger partial charge in [-0.2, -0.15) is 0 Å². The number of aromatic nitrogens is 2. The highest BCUT2D eigenvalue weighted by Crippen LogP contribution is 2.33. The summed E-state index contributed by atoms with van der Waals surface area (Å²) in [5.74, 6) is -0.111. The van der Waals surface area contributed by atoms with Crippen molar-refractivity contribution in [1.29, 1.82) is 0 Å². The van der Waals surface area contributed by atoms with Crippen molar-refractivity contribution in [2.75, 3.05) is 11.9 Å². The van der Waals surface area contributed by atoms with Crippen LogP contribution in [0.4, 0.5) is 5.69 Å². The van der Waals surface area contributed by atoms with Gasteiger partial charge >= 0.3 is 0 Å². The summed E-state index contributed by atoms with van der Waals surface area (Å²) < 4.78 is 1.25. The molecule has 1 aliphatic carbocycles. The molecule has 0 radical (unpaired) electrons. The normalized spacial score (nSPS) is 13.8. The molecule has 0 spiro atoms. The van der Waals surface area contributed by atoms with Crippen LogP contribution in [0.15, 0.2) is 29.1 Å². The Labute approximate surface area is 179 Å². The van der Waals surface area contributed by atoms with Crippen molar-refractivity contribution >= 4 is 29.1 Å². The Morgan fingerprint density at radius 2 is 2.00 bits per heavy atom. The summed E-state index contributed by atoms with van der Waals surface area (Å²) >= 11 is 6.09. The third kappa shape index (κ3) is 5.67. The van der Waals surface area contributed by atoms with Crippen molar-refractivity contribution in [3.05, 3.63) is 45.5 Å². The highest BCUT2D eigenvalue weighted by molar-refractivity contribution is 6.31. The molecule has 30 heavy (non-hydrogen) atoms. The SMILES string of the molecule is Cc1nc(-c2ccc(Cl)cc2NC(=O)C2CC2)cc(=O)n1CC(=O)NCC(C)(C)O. The number of nitrogens with one attached hydrogen (secondary N) is 2. The van der Waals surface area contributed by atoms with Crippen LogP contribution < -0.4 is 16.2 Å². The molecule has 1 aromatic carbocycles. The highest BCUT2D eigenvalue weighted by Gasteiger charge is 2.30. The highest BCUT2D eigenvalue weighted by atomic mass is 35.5. The number of halogens is 1. The van der Waals surface area contributed by atoms with Gasteiger partial charge in [0.25, 0.3) is 5.56 Å². The first-order chi connectivity index (χ1) is 14.0. The second kappa shape index (κ2) is 8.57. The molecule has 0 bridgehead atoms. The number of anilines is 1. The van der Waals surface area contributed by atoms with Gasteiger partial charge in [0, 0.05) is 29.1 Å². The summed E-state index contributed by atoms with van der Waals surface area (Å²) in [4.78, 5) is 41.5. The van der Waals surface area contributed by atoms with E-state index in [1.54, 1.807) is 39.0 Å². The minimum Gasteiger partial charge on any atom is -0.389 e. The van der Waals surface area contributed by atoms with Crippen LogP contribution in [0.2, 0.25) is 5.02 Å². The second-order valence-electron chi connectivity index (χ2n) is 8.16. The molecule has 8 nitrogen and oxygen atoms in total. The molecule has 0 atom stereocenters. The lowest BCUT2D eigenvalue weighted by Gasteiger charge is -2.18. The van der Waals surface area contributed by atoms with Crippen LogP contribution in [0.25, 0.3) is 11.3 Å². The van der Waals surface area contributed by atoms with Crippen LogP contribution in [0.1, 0.15) is 32.5 Å². The van der Waals surface area contributed by atoms with E-state index >= 15 is 0 Å². The zero-order chi connectivity index (χ0) is 22.1. The van der Waals surface area contributed by atoms with E-state index in [4.69, 9.17) is 11.6 Å². The van der Waals surface area contributed by atoms with Gasteiger partial charge in [0.05, 0.1) is 17.0 Å². The summed E-state index contributed by atoms with van der Waals surface area (Å²) in [5, 5.41) is 15.6. The molecule has 1 heterocycles. The van der Waals surface area contributed by atoms with Crippen molar-refractivity contribution in [3.8, 4) is 11.3 Å². The number of rotatable bonds is 7. The van der Waals surface area contributed by atoms with Gasteiger partial charge in [-0.05, 0) is 51.8 Å². The Hall–Kier alpha value is -2.71. The fourth-order valence-corrected chi connectivity index (χ4v) is 3.06. The number of aliphatic hydroxyl groups is 1. The van der Waals surface area contributed by atoms with Gasteiger partial charge in [-0.15, -0.1) is 0 Å². The molecule has 3 rings (SSSR count). The molecule has 2 aromatic rings. The van der Waals surface area contributed by atoms with Gasteiger partial charge in [-0.1, -0.05) is 11.6 Å².